The number of aromatic nitrogens is 2. The number of carbonyl (C=O) groups excluding carboxylic acids is 2. The van der Waals surface area contributed by atoms with Crippen molar-refractivity contribution in [2.45, 2.75) is 38.5 Å². The molecule has 0 radical (unpaired) electrons. The third-order valence-corrected chi connectivity index (χ3v) is 5.81. The van der Waals surface area contributed by atoms with Gasteiger partial charge in [-0.25, -0.2) is 4.79 Å². The lowest BCUT2D eigenvalue weighted by atomic mass is 9.90. The van der Waals surface area contributed by atoms with Gasteiger partial charge >= 0.3 is 5.69 Å². The van der Waals surface area contributed by atoms with Crippen molar-refractivity contribution in [1.82, 2.24) is 19.4 Å². The molecule has 2 aliphatic rings. The average molecular weight is 412 g/mol. The van der Waals surface area contributed by atoms with E-state index in [2.05, 4.69) is 4.98 Å². The zero-order valence-corrected chi connectivity index (χ0v) is 16.8. The molecule has 4 rings (SSSR count). The van der Waals surface area contributed by atoms with Gasteiger partial charge in [0.25, 0.3) is 5.56 Å². The van der Waals surface area contributed by atoms with Crippen molar-refractivity contribution in [2.75, 3.05) is 19.6 Å². The van der Waals surface area contributed by atoms with Gasteiger partial charge in [-0.05, 0) is 6.07 Å². The van der Waals surface area contributed by atoms with Crippen LogP contribution in [0.2, 0.25) is 0 Å². The lowest BCUT2D eigenvalue weighted by Gasteiger charge is -2.42. The Kier molecular flexibility index (Phi) is 5.19. The van der Waals surface area contributed by atoms with Gasteiger partial charge in [0.05, 0.1) is 6.54 Å². The first-order valence-electron chi connectivity index (χ1n) is 9.95. The second kappa shape index (κ2) is 7.81. The molecule has 1 N–H and O–H groups in total. The molecule has 2 amide bonds. The van der Waals surface area contributed by atoms with E-state index in [1.54, 1.807) is 16.7 Å². The fourth-order valence-electron chi connectivity index (χ4n) is 4.07. The van der Waals surface area contributed by atoms with Gasteiger partial charge in [-0.15, -0.1) is 0 Å². The number of fused-ring (bicyclic) bond motifs is 1. The van der Waals surface area contributed by atoms with Crippen LogP contribution in [0.3, 0.4) is 0 Å². The summed E-state index contributed by atoms with van der Waals surface area (Å²) in [6, 6.07) is 8.94. The number of piperidine rings is 1. The van der Waals surface area contributed by atoms with E-state index >= 15 is 0 Å². The number of nitrogens with one attached hydrogen (secondary N) is 1. The summed E-state index contributed by atoms with van der Waals surface area (Å²) < 4.78 is 7.60. The van der Waals surface area contributed by atoms with Crippen molar-refractivity contribution in [2.24, 2.45) is 0 Å². The van der Waals surface area contributed by atoms with Crippen LogP contribution in [0, 0.1) is 0 Å². The minimum atomic E-state index is -0.606. The zero-order chi connectivity index (χ0) is 21.3. The number of benzene rings is 1. The third kappa shape index (κ3) is 4.00. The second-order valence-corrected chi connectivity index (χ2v) is 7.89. The first-order chi connectivity index (χ1) is 14.3. The number of para-hydroxylation sites is 1. The Balaban J connectivity index is 1.48. The summed E-state index contributed by atoms with van der Waals surface area (Å²) in [6.45, 7) is 3.33. The highest BCUT2D eigenvalue weighted by Gasteiger charge is 2.42. The van der Waals surface area contributed by atoms with Crippen LogP contribution in [0.25, 0.3) is 0 Å². The number of amides is 2. The normalized spacial score (nSPS) is 17.8. The van der Waals surface area contributed by atoms with Crippen molar-refractivity contribution in [3.63, 3.8) is 0 Å². The van der Waals surface area contributed by atoms with Crippen molar-refractivity contribution >= 4 is 11.8 Å². The van der Waals surface area contributed by atoms with Crippen molar-refractivity contribution in [1.29, 1.82) is 0 Å². The lowest BCUT2D eigenvalue weighted by molar-refractivity contribution is -0.139. The monoisotopic (exact) mass is 412 g/mol. The molecule has 1 aromatic heterocycles. The Morgan fingerprint density at radius 2 is 1.83 bits per heavy atom. The molecule has 1 saturated heterocycles. The molecule has 1 spiro atoms. The van der Waals surface area contributed by atoms with E-state index in [1.807, 2.05) is 24.3 Å². The molecule has 0 aliphatic carbocycles. The van der Waals surface area contributed by atoms with Crippen LogP contribution in [-0.4, -0.2) is 56.4 Å². The molecule has 0 bridgehead atoms. The highest BCUT2D eigenvalue weighted by atomic mass is 16.5. The van der Waals surface area contributed by atoms with E-state index in [0.29, 0.717) is 39.0 Å². The van der Waals surface area contributed by atoms with Gasteiger partial charge in [-0.2, -0.15) is 0 Å². The summed E-state index contributed by atoms with van der Waals surface area (Å²) >= 11 is 0. The highest BCUT2D eigenvalue weighted by molar-refractivity contribution is 5.76. The number of nitrogens with zero attached hydrogens (tertiary/aromatic N) is 3. The SMILES string of the molecule is CC(=O)N1Cc2ccccc2OC2(CCN(C(=O)Cn3ccc(=O)[nH]c3=O)CC2)C1. The summed E-state index contributed by atoms with van der Waals surface area (Å²) in [4.78, 5) is 53.5. The Morgan fingerprint density at radius 3 is 2.53 bits per heavy atom. The van der Waals surface area contributed by atoms with Gasteiger partial charge in [0, 0.05) is 57.2 Å². The quantitative estimate of drug-likeness (QED) is 0.766. The highest BCUT2D eigenvalue weighted by Crippen LogP contribution is 2.35. The predicted molar refractivity (Wildman–Crippen MR) is 108 cm³/mol. The van der Waals surface area contributed by atoms with Gasteiger partial charge in [-0.3, -0.25) is 23.9 Å². The average Bonchev–Trinajstić information content (AvgIpc) is 2.87. The first-order valence-corrected chi connectivity index (χ1v) is 9.95. The minimum Gasteiger partial charge on any atom is -0.485 e. The van der Waals surface area contributed by atoms with Gasteiger partial charge in [0.1, 0.15) is 17.9 Å². The van der Waals surface area contributed by atoms with Crippen molar-refractivity contribution in [3.05, 3.63) is 62.9 Å². The molecule has 9 heteroatoms. The van der Waals surface area contributed by atoms with E-state index in [1.165, 1.54) is 16.8 Å². The molecule has 158 valence electrons. The van der Waals surface area contributed by atoms with E-state index in [0.717, 1.165) is 11.3 Å². The topological polar surface area (TPSA) is 105 Å². The largest absolute Gasteiger partial charge is 0.485 e. The minimum absolute atomic E-state index is 0.00868. The van der Waals surface area contributed by atoms with Crippen LogP contribution >= 0.6 is 0 Å². The standard InChI is InChI=1S/C21H24N4O5/c1-15(26)25-12-16-4-2-3-5-17(16)30-21(14-25)7-10-23(11-8-21)19(28)13-24-9-6-18(27)22-20(24)29/h2-6,9H,7-8,10-14H2,1H3,(H,22,27,29). The van der Waals surface area contributed by atoms with Crippen LogP contribution in [-0.2, 0) is 22.7 Å². The maximum atomic E-state index is 12.7. The number of likely N-dealkylation sites (tertiary alicyclic amines) is 1. The van der Waals surface area contributed by atoms with Crippen molar-refractivity contribution in [3.8, 4) is 5.75 Å². The number of rotatable bonds is 2. The molecular formula is C21H24N4O5. The first kappa shape index (κ1) is 19.9. The molecule has 1 aromatic carbocycles. The van der Waals surface area contributed by atoms with E-state index in [4.69, 9.17) is 4.74 Å². The van der Waals surface area contributed by atoms with E-state index in [-0.39, 0.29) is 18.4 Å². The lowest BCUT2D eigenvalue weighted by Crippen LogP contribution is -2.55. The smallest absolute Gasteiger partial charge is 0.328 e. The predicted octanol–water partition coefficient (Wildman–Crippen LogP) is 0.339. The number of aromatic amines is 1. The fourth-order valence-corrected chi connectivity index (χ4v) is 4.07. The molecule has 0 unspecified atom stereocenters. The molecule has 2 aliphatic heterocycles. The molecule has 9 nitrogen and oxygen atoms in total. The summed E-state index contributed by atoms with van der Waals surface area (Å²) in [6.07, 6.45) is 2.48. The fraction of sp³-hybridized carbons (Fsp3) is 0.429. The summed E-state index contributed by atoms with van der Waals surface area (Å²) in [7, 11) is 0. The van der Waals surface area contributed by atoms with Gasteiger partial charge < -0.3 is 14.5 Å². The Labute approximate surface area is 172 Å². The number of hydrogen-bond acceptors (Lipinski definition) is 5. The zero-order valence-electron chi connectivity index (χ0n) is 16.8. The number of H-pyrrole nitrogens is 1. The Bertz CT molecular complexity index is 1080. The summed E-state index contributed by atoms with van der Waals surface area (Å²) in [5, 5.41) is 0. The molecular weight excluding hydrogens is 388 g/mol. The van der Waals surface area contributed by atoms with Gasteiger partial charge in [-0.1, -0.05) is 18.2 Å². The molecule has 30 heavy (non-hydrogen) atoms. The van der Waals surface area contributed by atoms with Crippen LogP contribution in [0.15, 0.2) is 46.1 Å². The molecule has 0 atom stereocenters. The molecule has 1 fully saturated rings. The molecule has 3 heterocycles. The van der Waals surface area contributed by atoms with Gasteiger partial charge in [0.2, 0.25) is 11.8 Å². The van der Waals surface area contributed by atoms with Crippen LogP contribution < -0.4 is 16.0 Å². The Morgan fingerprint density at radius 1 is 1.10 bits per heavy atom. The summed E-state index contributed by atoms with van der Waals surface area (Å²) in [5.74, 6) is 0.572. The maximum absolute atomic E-state index is 12.7. The third-order valence-electron chi connectivity index (χ3n) is 5.81. The number of hydrogen-bond donors (Lipinski definition) is 1. The maximum Gasteiger partial charge on any atom is 0.328 e. The second-order valence-electron chi connectivity index (χ2n) is 7.89. The molecule has 0 saturated carbocycles. The number of carbonyl (C=O) groups is 2. The van der Waals surface area contributed by atoms with E-state index < -0.39 is 16.9 Å². The van der Waals surface area contributed by atoms with Crippen LogP contribution in [0.4, 0.5) is 0 Å². The van der Waals surface area contributed by atoms with E-state index in [9.17, 15) is 19.2 Å². The van der Waals surface area contributed by atoms with Crippen molar-refractivity contribution < 1.29 is 14.3 Å². The van der Waals surface area contributed by atoms with Gasteiger partial charge in [0.15, 0.2) is 0 Å². The number of ether oxygens (including phenoxy) is 1. The van der Waals surface area contributed by atoms with Crippen LogP contribution in [0.1, 0.15) is 25.3 Å². The molecule has 2 aromatic rings. The Hall–Kier alpha value is -3.36. The van der Waals surface area contributed by atoms with Crippen LogP contribution in [0.5, 0.6) is 5.75 Å². The summed E-state index contributed by atoms with van der Waals surface area (Å²) in [5.41, 5.74) is -0.681.